The highest BCUT2D eigenvalue weighted by molar-refractivity contribution is 5.28. The number of benzene rings is 1. The second-order valence-corrected chi connectivity index (χ2v) is 18.1. The molecule has 0 spiro atoms. The first-order valence-corrected chi connectivity index (χ1v) is 23.2. The Morgan fingerprint density at radius 3 is 1.17 bits per heavy atom. The van der Waals surface area contributed by atoms with Crippen LogP contribution in [0.3, 0.4) is 0 Å². The fourth-order valence-electron chi connectivity index (χ4n) is 10.2. The zero-order valence-corrected chi connectivity index (χ0v) is 34.5. The largest absolute Gasteiger partial charge is 0.352 e. The zero-order chi connectivity index (χ0) is 36.4. The van der Waals surface area contributed by atoms with Gasteiger partial charge in [0.15, 0.2) is 12.6 Å². The van der Waals surface area contributed by atoms with E-state index in [-0.39, 0.29) is 12.6 Å². The third kappa shape index (κ3) is 14.3. The van der Waals surface area contributed by atoms with E-state index in [1.165, 1.54) is 154 Å². The minimum atomic E-state index is 0.0207. The van der Waals surface area contributed by atoms with Gasteiger partial charge in [-0.1, -0.05) is 115 Å². The monoisotopic (exact) mass is 723 g/mol. The lowest BCUT2D eigenvalue weighted by atomic mass is 9.75. The van der Waals surface area contributed by atoms with Gasteiger partial charge in [-0.3, -0.25) is 0 Å². The molecule has 298 valence electrons. The van der Waals surface area contributed by atoms with Crippen LogP contribution in [0.4, 0.5) is 0 Å². The molecule has 0 amide bonds. The van der Waals surface area contributed by atoms with E-state index in [0.29, 0.717) is 24.0 Å². The Morgan fingerprint density at radius 1 is 0.442 bits per heavy atom. The molecule has 2 heterocycles. The Hall–Kier alpha value is -0.940. The van der Waals surface area contributed by atoms with Crippen molar-refractivity contribution in [3.05, 3.63) is 35.4 Å². The maximum absolute atomic E-state index is 6.37. The molecular formula is C48H82O4. The van der Waals surface area contributed by atoms with Crippen molar-refractivity contribution >= 4 is 0 Å². The molecule has 0 bridgehead atoms. The molecule has 4 nitrogen and oxygen atoms in total. The van der Waals surface area contributed by atoms with Crippen molar-refractivity contribution in [2.75, 3.05) is 13.2 Å². The highest BCUT2D eigenvalue weighted by Crippen LogP contribution is 2.41. The van der Waals surface area contributed by atoms with Gasteiger partial charge in [-0.2, -0.15) is 0 Å². The van der Waals surface area contributed by atoms with Crippen LogP contribution in [0, 0.1) is 23.7 Å². The molecule has 0 aromatic heterocycles. The fourth-order valence-corrected chi connectivity index (χ4v) is 10.2. The summed E-state index contributed by atoms with van der Waals surface area (Å²) in [4.78, 5) is 0. The van der Waals surface area contributed by atoms with Gasteiger partial charge in [0.2, 0.25) is 0 Å². The molecule has 0 N–H and O–H groups in total. The number of ether oxygens (including phenoxy) is 4. The van der Waals surface area contributed by atoms with Crippen LogP contribution >= 0.6 is 0 Å². The lowest BCUT2D eigenvalue weighted by Gasteiger charge is -2.36. The first-order chi connectivity index (χ1) is 25.5. The van der Waals surface area contributed by atoms with E-state index in [1.54, 1.807) is 11.1 Å². The third-order valence-corrected chi connectivity index (χ3v) is 14.1. The second-order valence-electron chi connectivity index (χ2n) is 18.1. The fraction of sp³-hybridized carbons (Fsp3) is 0.875. The van der Waals surface area contributed by atoms with Gasteiger partial charge in [0.25, 0.3) is 0 Å². The quantitative estimate of drug-likeness (QED) is 0.112. The van der Waals surface area contributed by atoms with Crippen molar-refractivity contribution < 1.29 is 18.9 Å². The van der Waals surface area contributed by atoms with E-state index >= 15 is 0 Å². The summed E-state index contributed by atoms with van der Waals surface area (Å²) < 4.78 is 25.2. The van der Waals surface area contributed by atoms with Crippen LogP contribution in [0.2, 0.25) is 0 Å². The Kier molecular flexibility index (Phi) is 19.4. The summed E-state index contributed by atoms with van der Waals surface area (Å²) in [6.07, 6.45) is 35.1. The van der Waals surface area contributed by atoms with E-state index < -0.39 is 0 Å². The molecule has 52 heavy (non-hydrogen) atoms. The standard InChI is InChI=1S/C48H82O4/c1-5-7-9-11-13-15-17-45-35-49-47(51-37(45)3)33-23-39-19-25-41(26-20-39)43-29-31-44(32-30-43)42-27-21-40(22-28-42)24-34-48-50-36-46(38(4)52-48)18-16-14-12-10-8-6-2/h29-32,37-42,45-48H,5-28,33-36H2,1-4H3/t37-,38-,39?,40?,41?,42?,45+,46+,47+,48+/m0/s1. The van der Waals surface area contributed by atoms with Crippen molar-refractivity contribution in [2.45, 2.75) is 231 Å². The van der Waals surface area contributed by atoms with E-state index in [2.05, 4.69) is 52.0 Å². The molecule has 1 aromatic rings. The summed E-state index contributed by atoms with van der Waals surface area (Å²) in [6, 6.07) is 9.94. The minimum Gasteiger partial charge on any atom is -0.352 e. The van der Waals surface area contributed by atoms with Gasteiger partial charge in [0.1, 0.15) is 0 Å². The molecule has 6 atom stereocenters. The lowest BCUT2D eigenvalue weighted by Crippen LogP contribution is -2.38. The average molecular weight is 723 g/mol. The van der Waals surface area contributed by atoms with Crippen LogP contribution in [-0.4, -0.2) is 38.0 Å². The Balaban J connectivity index is 0.904. The molecule has 2 aliphatic carbocycles. The molecule has 2 aliphatic heterocycles. The zero-order valence-electron chi connectivity index (χ0n) is 34.5. The molecular weight excluding hydrogens is 641 g/mol. The van der Waals surface area contributed by atoms with Crippen LogP contribution in [-0.2, 0) is 18.9 Å². The molecule has 2 saturated carbocycles. The van der Waals surface area contributed by atoms with Crippen molar-refractivity contribution in [3.63, 3.8) is 0 Å². The van der Waals surface area contributed by atoms with Crippen LogP contribution in [0.15, 0.2) is 24.3 Å². The van der Waals surface area contributed by atoms with Crippen LogP contribution in [0.25, 0.3) is 0 Å². The molecule has 0 radical (unpaired) electrons. The molecule has 5 rings (SSSR count). The van der Waals surface area contributed by atoms with Crippen molar-refractivity contribution in [2.24, 2.45) is 23.7 Å². The van der Waals surface area contributed by atoms with E-state index in [1.807, 2.05) is 0 Å². The van der Waals surface area contributed by atoms with Gasteiger partial charge >= 0.3 is 0 Å². The first-order valence-electron chi connectivity index (χ1n) is 23.2. The molecule has 0 unspecified atom stereocenters. The smallest absolute Gasteiger partial charge is 0.157 e. The minimum absolute atomic E-state index is 0.0207. The van der Waals surface area contributed by atoms with E-state index in [4.69, 9.17) is 18.9 Å². The molecule has 2 saturated heterocycles. The van der Waals surface area contributed by atoms with Gasteiger partial charge in [-0.05, 0) is 139 Å². The summed E-state index contributed by atoms with van der Waals surface area (Å²) in [5, 5.41) is 0. The van der Waals surface area contributed by atoms with Gasteiger partial charge in [-0.25, -0.2) is 0 Å². The third-order valence-electron chi connectivity index (χ3n) is 14.1. The lowest BCUT2D eigenvalue weighted by molar-refractivity contribution is -0.236. The van der Waals surface area contributed by atoms with Crippen molar-refractivity contribution in [1.82, 2.24) is 0 Å². The number of hydrogen-bond donors (Lipinski definition) is 0. The van der Waals surface area contributed by atoms with Crippen LogP contribution in [0.5, 0.6) is 0 Å². The number of hydrogen-bond acceptors (Lipinski definition) is 4. The van der Waals surface area contributed by atoms with Gasteiger partial charge in [0.05, 0.1) is 25.4 Å². The maximum atomic E-state index is 6.37. The number of unbranched alkanes of at least 4 members (excludes halogenated alkanes) is 10. The predicted molar refractivity (Wildman–Crippen MR) is 218 cm³/mol. The summed E-state index contributed by atoms with van der Waals surface area (Å²) in [6.45, 7) is 11.0. The topological polar surface area (TPSA) is 36.9 Å². The van der Waals surface area contributed by atoms with Crippen molar-refractivity contribution in [1.29, 1.82) is 0 Å². The Bertz CT molecular complexity index is 958. The summed E-state index contributed by atoms with van der Waals surface area (Å²) >= 11 is 0. The predicted octanol–water partition coefficient (Wildman–Crippen LogP) is 14.1. The SMILES string of the molecule is CCCCCCCC[C@@H]1CO[C@@H](CCC2CCC(c3ccc(C4CCC(CC[C@@H]5OC[C@@H](CCCCCCCC)[C@H](C)O5)CC4)cc3)CC2)O[C@H]1C. The molecule has 4 heteroatoms. The van der Waals surface area contributed by atoms with Crippen molar-refractivity contribution in [3.8, 4) is 0 Å². The molecule has 4 fully saturated rings. The first kappa shape index (κ1) is 42.2. The van der Waals surface area contributed by atoms with Gasteiger partial charge < -0.3 is 18.9 Å². The summed E-state index contributed by atoms with van der Waals surface area (Å²) in [7, 11) is 0. The Labute approximate surface area is 321 Å². The maximum Gasteiger partial charge on any atom is 0.157 e. The average Bonchev–Trinajstić information content (AvgIpc) is 3.17. The normalized spacial score (nSPS) is 32.9. The molecule has 4 aliphatic rings. The molecule has 1 aromatic carbocycles. The summed E-state index contributed by atoms with van der Waals surface area (Å²) in [5.41, 5.74) is 3.16. The summed E-state index contributed by atoms with van der Waals surface area (Å²) in [5.74, 6) is 4.31. The highest BCUT2D eigenvalue weighted by atomic mass is 16.7. The van der Waals surface area contributed by atoms with E-state index in [9.17, 15) is 0 Å². The second kappa shape index (κ2) is 23.9. The van der Waals surface area contributed by atoms with Gasteiger partial charge in [-0.15, -0.1) is 0 Å². The van der Waals surface area contributed by atoms with E-state index in [0.717, 1.165) is 49.7 Å². The Morgan fingerprint density at radius 2 is 0.808 bits per heavy atom. The van der Waals surface area contributed by atoms with Crippen LogP contribution in [0.1, 0.15) is 218 Å². The highest BCUT2D eigenvalue weighted by Gasteiger charge is 2.32. The number of rotatable bonds is 22. The van der Waals surface area contributed by atoms with Crippen LogP contribution < -0.4 is 0 Å². The van der Waals surface area contributed by atoms with Gasteiger partial charge in [0, 0.05) is 11.8 Å².